The highest BCUT2D eigenvalue weighted by Gasteiger charge is 2.06. The minimum Gasteiger partial charge on any atom is -0.370 e. The summed E-state index contributed by atoms with van der Waals surface area (Å²) in [5.74, 6) is 0. The van der Waals surface area contributed by atoms with Gasteiger partial charge in [0.05, 0.1) is 0 Å². The molecular formula is C15H17BrN2. The Hall–Kier alpha value is -1.35. The van der Waals surface area contributed by atoms with Crippen LogP contribution in [0.3, 0.4) is 0 Å². The fraction of sp³-hybridized carbons (Fsp3) is 0.267. The van der Waals surface area contributed by atoms with Gasteiger partial charge in [-0.05, 0) is 35.7 Å². The van der Waals surface area contributed by atoms with Crippen LogP contribution in [0.15, 0.2) is 42.7 Å². The first-order valence-corrected chi connectivity index (χ1v) is 7.08. The second-order valence-electron chi connectivity index (χ2n) is 4.47. The van der Waals surface area contributed by atoms with Crippen molar-refractivity contribution in [2.24, 2.45) is 0 Å². The first-order valence-electron chi connectivity index (χ1n) is 5.96. The van der Waals surface area contributed by atoms with Crippen molar-refractivity contribution in [1.29, 1.82) is 0 Å². The van der Waals surface area contributed by atoms with Crippen molar-refractivity contribution in [3.63, 3.8) is 0 Å². The Labute approximate surface area is 117 Å². The van der Waals surface area contributed by atoms with Crippen molar-refractivity contribution in [2.75, 3.05) is 11.9 Å². The average molecular weight is 305 g/mol. The van der Waals surface area contributed by atoms with Crippen LogP contribution in [0.2, 0.25) is 0 Å². The lowest BCUT2D eigenvalue weighted by Gasteiger charge is -2.21. The molecule has 2 rings (SSSR count). The van der Waals surface area contributed by atoms with Gasteiger partial charge >= 0.3 is 0 Å². The highest BCUT2D eigenvalue weighted by Crippen LogP contribution is 2.22. The Morgan fingerprint density at radius 3 is 2.67 bits per heavy atom. The second kappa shape index (κ2) is 6.01. The molecule has 0 amide bonds. The zero-order chi connectivity index (χ0) is 13.0. The molecular weight excluding hydrogens is 288 g/mol. The van der Waals surface area contributed by atoms with Crippen LogP contribution in [-0.4, -0.2) is 12.0 Å². The zero-order valence-corrected chi connectivity index (χ0v) is 12.3. The van der Waals surface area contributed by atoms with E-state index >= 15 is 0 Å². The highest BCUT2D eigenvalue weighted by atomic mass is 79.9. The van der Waals surface area contributed by atoms with E-state index in [0.717, 1.165) is 11.9 Å². The summed E-state index contributed by atoms with van der Waals surface area (Å²) < 4.78 is 0. The van der Waals surface area contributed by atoms with Crippen molar-refractivity contribution >= 4 is 21.6 Å². The molecule has 0 saturated carbocycles. The third kappa shape index (κ3) is 3.10. The molecule has 0 unspecified atom stereocenters. The molecule has 0 atom stereocenters. The molecule has 0 radical (unpaired) electrons. The predicted octanol–water partition coefficient (Wildman–Crippen LogP) is 3.92. The Morgan fingerprint density at radius 1 is 1.22 bits per heavy atom. The number of aryl methyl sites for hydroxylation is 1. The van der Waals surface area contributed by atoms with Crippen LogP contribution in [0.25, 0.3) is 0 Å². The topological polar surface area (TPSA) is 16.1 Å². The third-order valence-electron chi connectivity index (χ3n) is 2.97. The Balaban J connectivity index is 2.16. The minimum absolute atomic E-state index is 0.877. The highest BCUT2D eigenvalue weighted by molar-refractivity contribution is 9.08. The number of hydrogen-bond acceptors (Lipinski definition) is 2. The number of nitrogens with zero attached hydrogens (tertiary/aromatic N) is 2. The van der Waals surface area contributed by atoms with Gasteiger partial charge in [0, 0.05) is 37.0 Å². The van der Waals surface area contributed by atoms with Gasteiger partial charge < -0.3 is 4.90 Å². The molecule has 0 spiro atoms. The summed E-state index contributed by atoms with van der Waals surface area (Å²) in [4.78, 5) is 6.40. The Kier molecular flexibility index (Phi) is 4.37. The van der Waals surface area contributed by atoms with E-state index in [-0.39, 0.29) is 0 Å². The number of benzene rings is 1. The SMILES string of the molecule is Cc1cc(CBr)ccc1N(C)Cc1cccnc1. The van der Waals surface area contributed by atoms with Crippen LogP contribution in [0.5, 0.6) is 0 Å². The van der Waals surface area contributed by atoms with Gasteiger partial charge in [-0.1, -0.05) is 34.1 Å². The van der Waals surface area contributed by atoms with E-state index < -0.39 is 0 Å². The molecule has 1 aromatic heterocycles. The molecule has 0 bridgehead atoms. The van der Waals surface area contributed by atoms with Gasteiger partial charge in [-0.2, -0.15) is 0 Å². The first kappa shape index (κ1) is 13.1. The maximum absolute atomic E-state index is 4.15. The predicted molar refractivity (Wildman–Crippen MR) is 80.2 cm³/mol. The quantitative estimate of drug-likeness (QED) is 0.796. The molecule has 0 fully saturated rings. The molecule has 94 valence electrons. The largest absolute Gasteiger partial charge is 0.370 e. The first-order chi connectivity index (χ1) is 8.70. The van der Waals surface area contributed by atoms with E-state index in [2.05, 4.69) is 64.1 Å². The molecule has 0 aliphatic heterocycles. The fourth-order valence-electron chi connectivity index (χ4n) is 2.08. The molecule has 0 aliphatic rings. The van der Waals surface area contributed by atoms with Gasteiger partial charge in [0.1, 0.15) is 0 Å². The van der Waals surface area contributed by atoms with Gasteiger partial charge in [-0.3, -0.25) is 4.98 Å². The number of alkyl halides is 1. The van der Waals surface area contributed by atoms with Gasteiger partial charge in [0.2, 0.25) is 0 Å². The number of anilines is 1. The fourth-order valence-corrected chi connectivity index (χ4v) is 2.43. The van der Waals surface area contributed by atoms with Gasteiger partial charge in [-0.25, -0.2) is 0 Å². The van der Waals surface area contributed by atoms with E-state index in [1.54, 1.807) is 6.20 Å². The summed E-state index contributed by atoms with van der Waals surface area (Å²) in [5.41, 5.74) is 5.11. The number of halogens is 1. The normalized spacial score (nSPS) is 10.4. The van der Waals surface area contributed by atoms with E-state index in [9.17, 15) is 0 Å². The molecule has 1 heterocycles. The molecule has 0 aliphatic carbocycles. The summed E-state index contributed by atoms with van der Waals surface area (Å²) in [6.07, 6.45) is 3.72. The lowest BCUT2D eigenvalue weighted by Crippen LogP contribution is -2.17. The average Bonchev–Trinajstić information content (AvgIpc) is 2.39. The van der Waals surface area contributed by atoms with Crippen LogP contribution < -0.4 is 4.90 Å². The molecule has 0 N–H and O–H groups in total. The summed E-state index contributed by atoms with van der Waals surface area (Å²) in [7, 11) is 2.11. The molecule has 2 aromatic rings. The van der Waals surface area contributed by atoms with Crippen molar-refractivity contribution in [3.05, 3.63) is 59.4 Å². The Bertz CT molecular complexity index is 511. The van der Waals surface area contributed by atoms with Gasteiger partial charge in [-0.15, -0.1) is 0 Å². The third-order valence-corrected chi connectivity index (χ3v) is 3.62. The second-order valence-corrected chi connectivity index (χ2v) is 5.03. The van der Waals surface area contributed by atoms with Crippen LogP contribution in [-0.2, 0) is 11.9 Å². The monoisotopic (exact) mass is 304 g/mol. The van der Waals surface area contributed by atoms with E-state index in [0.29, 0.717) is 0 Å². The summed E-state index contributed by atoms with van der Waals surface area (Å²) in [6, 6.07) is 10.7. The van der Waals surface area contributed by atoms with Crippen LogP contribution in [0, 0.1) is 6.92 Å². The van der Waals surface area contributed by atoms with Crippen molar-refractivity contribution in [3.8, 4) is 0 Å². The maximum atomic E-state index is 4.15. The van der Waals surface area contributed by atoms with Crippen molar-refractivity contribution < 1.29 is 0 Å². The summed E-state index contributed by atoms with van der Waals surface area (Å²) in [6.45, 7) is 3.03. The van der Waals surface area contributed by atoms with Crippen LogP contribution in [0.1, 0.15) is 16.7 Å². The van der Waals surface area contributed by atoms with E-state index in [1.807, 2.05) is 12.3 Å². The summed E-state index contributed by atoms with van der Waals surface area (Å²) in [5, 5.41) is 0.903. The number of aromatic nitrogens is 1. The molecule has 18 heavy (non-hydrogen) atoms. The van der Waals surface area contributed by atoms with E-state index in [1.165, 1.54) is 22.4 Å². The molecule has 2 nitrogen and oxygen atoms in total. The van der Waals surface area contributed by atoms with Gasteiger partial charge in [0.25, 0.3) is 0 Å². The molecule has 3 heteroatoms. The van der Waals surface area contributed by atoms with Crippen molar-refractivity contribution in [1.82, 2.24) is 4.98 Å². The maximum Gasteiger partial charge on any atom is 0.0441 e. The standard InChI is InChI=1S/C15H17BrN2/c1-12-8-13(9-16)5-6-15(12)18(2)11-14-4-3-7-17-10-14/h3-8,10H,9,11H2,1-2H3. The van der Waals surface area contributed by atoms with Crippen molar-refractivity contribution in [2.45, 2.75) is 18.8 Å². The lowest BCUT2D eigenvalue weighted by molar-refractivity contribution is 0.909. The molecule has 0 saturated heterocycles. The minimum atomic E-state index is 0.877. The smallest absolute Gasteiger partial charge is 0.0441 e. The van der Waals surface area contributed by atoms with Gasteiger partial charge in [0.15, 0.2) is 0 Å². The van der Waals surface area contributed by atoms with Crippen LogP contribution >= 0.6 is 15.9 Å². The number of hydrogen-bond donors (Lipinski definition) is 0. The number of rotatable bonds is 4. The Morgan fingerprint density at radius 2 is 2.06 bits per heavy atom. The lowest BCUT2D eigenvalue weighted by atomic mass is 10.1. The summed E-state index contributed by atoms with van der Waals surface area (Å²) >= 11 is 3.49. The van der Waals surface area contributed by atoms with E-state index in [4.69, 9.17) is 0 Å². The molecule has 1 aromatic carbocycles. The van der Waals surface area contributed by atoms with Crippen LogP contribution in [0.4, 0.5) is 5.69 Å². The number of pyridine rings is 1. The zero-order valence-electron chi connectivity index (χ0n) is 10.7.